The number of nitrogens with zero attached hydrogens (tertiary/aromatic N) is 3. The van der Waals surface area contributed by atoms with Crippen LogP contribution in [0.3, 0.4) is 0 Å². The summed E-state index contributed by atoms with van der Waals surface area (Å²) in [6.07, 6.45) is 3.90. The second-order valence-electron chi connectivity index (χ2n) is 6.10. The van der Waals surface area contributed by atoms with Crippen LogP contribution < -0.4 is 10.2 Å². The summed E-state index contributed by atoms with van der Waals surface area (Å²) < 4.78 is 0. The zero-order valence-electron chi connectivity index (χ0n) is 13.0. The van der Waals surface area contributed by atoms with Crippen molar-refractivity contribution in [2.24, 2.45) is 5.92 Å². The zero-order valence-corrected chi connectivity index (χ0v) is 13.0. The number of aromatic nitrogens is 1. The van der Waals surface area contributed by atoms with E-state index in [1.165, 1.54) is 6.42 Å². The van der Waals surface area contributed by atoms with Crippen molar-refractivity contribution < 1.29 is 4.92 Å². The summed E-state index contributed by atoms with van der Waals surface area (Å²) >= 11 is 0. The molecular weight excluding hydrogens is 268 g/mol. The maximum Gasteiger partial charge on any atom is 0.277 e. The fourth-order valence-corrected chi connectivity index (χ4v) is 2.71. The Morgan fingerprint density at radius 2 is 2.33 bits per heavy atom. The zero-order chi connectivity index (χ0) is 15.4. The molecule has 1 fully saturated rings. The summed E-state index contributed by atoms with van der Waals surface area (Å²) in [6.45, 7) is 8.83. The number of pyridine rings is 1. The third-order valence-corrected chi connectivity index (χ3v) is 3.91. The average molecular weight is 292 g/mol. The van der Waals surface area contributed by atoms with Gasteiger partial charge in [0.05, 0.1) is 11.0 Å². The Balaban J connectivity index is 2.07. The van der Waals surface area contributed by atoms with Gasteiger partial charge < -0.3 is 10.2 Å². The van der Waals surface area contributed by atoms with Crippen LogP contribution in [0.5, 0.6) is 0 Å². The summed E-state index contributed by atoms with van der Waals surface area (Å²) in [6, 6.07) is 2.09. The number of hydrogen-bond acceptors (Lipinski definition) is 5. The van der Waals surface area contributed by atoms with Crippen molar-refractivity contribution >= 4 is 11.5 Å². The molecule has 1 atom stereocenters. The van der Waals surface area contributed by atoms with Crippen molar-refractivity contribution in [3.8, 4) is 0 Å². The fourth-order valence-electron chi connectivity index (χ4n) is 2.71. The Bertz CT molecular complexity index is 504. The molecule has 1 N–H and O–H groups in total. The summed E-state index contributed by atoms with van der Waals surface area (Å²) in [5.74, 6) is 1.30. The Hall–Kier alpha value is -1.69. The molecule has 21 heavy (non-hydrogen) atoms. The molecule has 1 saturated heterocycles. The minimum Gasteiger partial charge on any atom is -0.356 e. The van der Waals surface area contributed by atoms with Crippen LogP contribution in [0.4, 0.5) is 11.5 Å². The van der Waals surface area contributed by atoms with Gasteiger partial charge in [-0.2, -0.15) is 0 Å². The van der Waals surface area contributed by atoms with E-state index in [0.29, 0.717) is 17.5 Å². The minimum atomic E-state index is -0.331. The predicted molar refractivity (Wildman–Crippen MR) is 83.7 cm³/mol. The molecule has 0 amide bonds. The van der Waals surface area contributed by atoms with Crippen LogP contribution in [-0.2, 0) is 0 Å². The van der Waals surface area contributed by atoms with E-state index in [1.807, 2.05) is 0 Å². The number of nitro groups is 1. The normalized spacial score (nSPS) is 19.0. The second-order valence-corrected chi connectivity index (χ2v) is 6.10. The first-order valence-corrected chi connectivity index (χ1v) is 7.56. The summed E-state index contributed by atoms with van der Waals surface area (Å²) in [5.41, 5.74) is 0.765. The lowest BCUT2D eigenvalue weighted by Gasteiger charge is -2.34. The highest BCUT2D eigenvalue weighted by Crippen LogP contribution is 2.26. The SMILES string of the molecule is Cc1cnc(N2CCCC(CNC(C)C)C2)cc1[N+](=O)[O-]. The van der Waals surface area contributed by atoms with Crippen LogP contribution in [0, 0.1) is 23.0 Å². The summed E-state index contributed by atoms with van der Waals surface area (Å²) in [4.78, 5) is 17.3. The van der Waals surface area contributed by atoms with E-state index in [-0.39, 0.29) is 10.6 Å². The molecule has 6 heteroatoms. The monoisotopic (exact) mass is 292 g/mol. The molecule has 0 aliphatic carbocycles. The third kappa shape index (κ3) is 4.14. The van der Waals surface area contributed by atoms with Crippen molar-refractivity contribution in [3.63, 3.8) is 0 Å². The molecule has 0 saturated carbocycles. The first-order valence-electron chi connectivity index (χ1n) is 7.56. The van der Waals surface area contributed by atoms with E-state index >= 15 is 0 Å². The molecule has 0 radical (unpaired) electrons. The van der Waals surface area contributed by atoms with Crippen LogP contribution in [0.2, 0.25) is 0 Å². The molecule has 116 valence electrons. The van der Waals surface area contributed by atoms with E-state index in [2.05, 4.69) is 29.0 Å². The standard InChI is InChI=1S/C15H24N4O2/c1-11(2)16-9-13-5-4-6-18(10-13)15-7-14(19(20)21)12(3)8-17-15/h7-8,11,13,16H,4-6,9-10H2,1-3H3. The molecule has 1 aromatic rings. The highest BCUT2D eigenvalue weighted by atomic mass is 16.6. The van der Waals surface area contributed by atoms with Crippen molar-refractivity contribution in [3.05, 3.63) is 27.9 Å². The molecule has 2 heterocycles. The molecule has 1 aliphatic rings. The third-order valence-electron chi connectivity index (χ3n) is 3.91. The van der Waals surface area contributed by atoms with E-state index in [0.717, 1.165) is 31.9 Å². The summed E-state index contributed by atoms with van der Waals surface area (Å²) in [7, 11) is 0. The number of aryl methyl sites for hydroxylation is 1. The highest BCUT2D eigenvalue weighted by Gasteiger charge is 2.23. The maximum absolute atomic E-state index is 11.0. The first kappa shape index (κ1) is 15.7. The molecule has 6 nitrogen and oxygen atoms in total. The van der Waals surface area contributed by atoms with Gasteiger partial charge in [-0.05, 0) is 32.2 Å². The Morgan fingerprint density at radius 3 is 3.00 bits per heavy atom. The predicted octanol–water partition coefficient (Wildman–Crippen LogP) is 2.51. The van der Waals surface area contributed by atoms with Gasteiger partial charge in [0.25, 0.3) is 5.69 Å². The topological polar surface area (TPSA) is 71.3 Å². The minimum absolute atomic E-state index is 0.155. The highest BCUT2D eigenvalue weighted by molar-refractivity contribution is 5.50. The molecule has 0 spiro atoms. The number of hydrogen-bond donors (Lipinski definition) is 1. The van der Waals surface area contributed by atoms with Gasteiger partial charge in [0.1, 0.15) is 5.82 Å². The first-order chi connectivity index (χ1) is 9.97. The molecule has 2 rings (SSSR count). The van der Waals surface area contributed by atoms with Gasteiger partial charge >= 0.3 is 0 Å². The lowest BCUT2D eigenvalue weighted by molar-refractivity contribution is -0.385. The van der Waals surface area contributed by atoms with Crippen molar-refractivity contribution in [2.45, 2.75) is 39.7 Å². The molecule has 1 aromatic heterocycles. The number of piperidine rings is 1. The van der Waals surface area contributed by atoms with E-state index in [1.54, 1.807) is 19.2 Å². The quantitative estimate of drug-likeness (QED) is 0.667. The molecule has 1 unspecified atom stereocenters. The van der Waals surface area contributed by atoms with Gasteiger partial charge in [-0.25, -0.2) is 4.98 Å². The number of rotatable bonds is 5. The molecule has 0 bridgehead atoms. The van der Waals surface area contributed by atoms with Crippen LogP contribution in [-0.4, -0.2) is 35.6 Å². The van der Waals surface area contributed by atoms with Gasteiger partial charge in [-0.15, -0.1) is 0 Å². The van der Waals surface area contributed by atoms with Crippen molar-refractivity contribution in [2.75, 3.05) is 24.5 Å². The van der Waals surface area contributed by atoms with Gasteiger partial charge in [0.2, 0.25) is 0 Å². The second kappa shape index (κ2) is 6.85. The van der Waals surface area contributed by atoms with Crippen LogP contribution in [0.15, 0.2) is 12.3 Å². The Labute approximate surface area is 125 Å². The molecular formula is C15H24N4O2. The van der Waals surface area contributed by atoms with Crippen molar-refractivity contribution in [1.82, 2.24) is 10.3 Å². The number of anilines is 1. The molecule has 0 aromatic carbocycles. The van der Waals surface area contributed by atoms with Crippen LogP contribution >= 0.6 is 0 Å². The summed E-state index contributed by atoms with van der Waals surface area (Å²) in [5, 5.41) is 14.5. The largest absolute Gasteiger partial charge is 0.356 e. The maximum atomic E-state index is 11.0. The average Bonchev–Trinajstić information content (AvgIpc) is 2.45. The molecule has 1 aliphatic heterocycles. The number of nitrogens with one attached hydrogen (secondary N) is 1. The van der Waals surface area contributed by atoms with Gasteiger partial charge in [-0.1, -0.05) is 13.8 Å². The van der Waals surface area contributed by atoms with E-state index in [4.69, 9.17) is 0 Å². The van der Waals surface area contributed by atoms with Crippen LogP contribution in [0.1, 0.15) is 32.3 Å². The lowest BCUT2D eigenvalue weighted by Crippen LogP contribution is -2.41. The van der Waals surface area contributed by atoms with E-state index in [9.17, 15) is 10.1 Å². The lowest BCUT2D eigenvalue weighted by atomic mass is 9.97. The van der Waals surface area contributed by atoms with Crippen LogP contribution in [0.25, 0.3) is 0 Å². The van der Waals surface area contributed by atoms with E-state index < -0.39 is 0 Å². The smallest absolute Gasteiger partial charge is 0.277 e. The Morgan fingerprint density at radius 1 is 1.57 bits per heavy atom. The van der Waals surface area contributed by atoms with Gasteiger partial charge in [0.15, 0.2) is 0 Å². The van der Waals surface area contributed by atoms with Crippen molar-refractivity contribution in [1.29, 1.82) is 0 Å². The van der Waals surface area contributed by atoms with Gasteiger partial charge in [0, 0.05) is 30.9 Å². The fraction of sp³-hybridized carbons (Fsp3) is 0.667. The van der Waals surface area contributed by atoms with Gasteiger partial charge in [-0.3, -0.25) is 10.1 Å². The Kier molecular flexibility index (Phi) is 5.12.